The van der Waals surface area contributed by atoms with Crippen molar-refractivity contribution in [2.24, 2.45) is 11.8 Å². The summed E-state index contributed by atoms with van der Waals surface area (Å²) < 4.78 is 36.8. The van der Waals surface area contributed by atoms with Crippen molar-refractivity contribution >= 4 is 11.8 Å². The van der Waals surface area contributed by atoms with Crippen molar-refractivity contribution in [2.75, 3.05) is 19.7 Å². The smallest absolute Gasteiger partial charge is 0.394 e. The topological polar surface area (TPSA) is 69.6 Å². The molecule has 2 atom stereocenters. The van der Waals surface area contributed by atoms with Crippen molar-refractivity contribution in [3.05, 3.63) is 0 Å². The molecule has 0 spiro atoms. The van der Waals surface area contributed by atoms with Crippen molar-refractivity contribution < 1.29 is 27.9 Å². The zero-order valence-electron chi connectivity index (χ0n) is 11.4. The Morgan fingerprint density at radius 2 is 2.10 bits per heavy atom. The average Bonchev–Trinajstić information content (AvgIpc) is 2.65. The van der Waals surface area contributed by atoms with E-state index >= 15 is 0 Å². The van der Waals surface area contributed by atoms with Crippen LogP contribution in [0.4, 0.5) is 13.2 Å². The third-order valence-corrected chi connectivity index (χ3v) is 3.28. The molecule has 0 aromatic heterocycles. The van der Waals surface area contributed by atoms with E-state index in [4.69, 9.17) is 5.11 Å². The lowest BCUT2D eigenvalue weighted by molar-refractivity contribution is -0.157. The Bertz CT molecular complexity index is 371. The molecule has 0 radical (unpaired) electrons. The number of nitrogens with zero attached hydrogens (tertiary/aromatic N) is 1. The predicted octanol–water partition coefficient (Wildman–Crippen LogP) is 0.530. The molecule has 1 aliphatic rings. The molecule has 2 unspecified atom stereocenters. The number of aliphatic hydroxyl groups excluding tert-OH is 1. The molecule has 0 aliphatic carbocycles. The first-order valence-electron chi connectivity index (χ1n) is 6.39. The molecule has 2 N–H and O–H groups in total. The Morgan fingerprint density at radius 1 is 1.50 bits per heavy atom. The van der Waals surface area contributed by atoms with Gasteiger partial charge in [0.15, 0.2) is 0 Å². The van der Waals surface area contributed by atoms with Gasteiger partial charge in [0.25, 0.3) is 0 Å². The van der Waals surface area contributed by atoms with Gasteiger partial charge in [-0.2, -0.15) is 13.2 Å². The quantitative estimate of drug-likeness (QED) is 0.777. The SMILES string of the molecule is CC(C)C(CO)NC(=O)C1CC(=O)N(CC(F)(F)F)C1. The maximum atomic E-state index is 12.3. The van der Waals surface area contributed by atoms with Gasteiger partial charge in [-0.1, -0.05) is 13.8 Å². The minimum absolute atomic E-state index is 0.00710. The molecule has 116 valence electrons. The Balaban J connectivity index is 2.58. The number of halogens is 3. The van der Waals surface area contributed by atoms with Crippen LogP contribution in [0.5, 0.6) is 0 Å². The second-order valence-corrected chi connectivity index (χ2v) is 5.33. The zero-order valence-corrected chi connectivity index (χ0v) is 11.4. The number of hydrogen-bond donors (Lipinski definition) is 2. The van der Waals surface area contributed by atoms with Crippen LogP contribution in [0.2, 0.25) is 0 Å². The molecule has 0 saturated carbocycles. The fourth-order valence-corrected chi connectivity index (χ4v) is 2.04. The van der Waals surface area contributed by atoms with Crippen LogP contribution in [0.15, 0.2) is 0 Å². The number of aliphatic hydroxyl groups is 1. The van der Waals surface area contributed by atoms with E-state index in [0.717, 1.165) is 0 Å². The fraction of sp³-hybridized carbons (Fsp3) is 0.833. The highest BCUT2D eigenvalue weighted by molar-refractivity contribution is 5.89. The van der Waals surface area contributed by atoms with Crippen LogP contribution in [0.3, 0.4) is 0 Å². The van der Waals surface area contributed by atoms with Crippen LogP contribution >= 0.6 is 0 Å². The summed E-state index contributed by atoms with van der Waals surface area (Å²) in [6, 6.07) is -0.464. The summed E-state index contributed by atoms with van der Waals surface area (Å²) in [6.45, 7) is 1.79. The second kappa shape index (κ2) is 6.43. The molecule has 0 aromatic rings. The first-order valence-corrected chi connectivity index (χ1v) is 6.39. The number of hydrogen-bond acceptors (Lipinski definition) is 3. The van der Waals surface area contributed by atoms with E-state index in [2.05, 4.69) is 5.32 Å². The minimum atomic E-state index is -4.47. The van der Waals surface area contributed by atoms with E-state index in [-0.39, 0.29) is 25.5 Å². The molecule has 8 heteroatoms. The molecule has 0 bridgehead atoms. The van der Waals surface area contributed by atoms with Crippen molar-refractivity contribution in [1.29, 1.82) is 0 Å². The first kappa shape index (κ1) is 16.7. The normalized spacial score (nSPS) is 21.4. The molecular weight excluding hydrogens is 277 g/mol. The van der Waals surface area contributed by atoms with E-state index in [1.807, 2.05) is 0 Å². The maximum Gasteiger partial charge on any atom is 0.406 e. The van der Waals surface area contributed by atoms with Gasteiger partial charge in [-0.15, -0.1) is 0 Å². The summed E-state index contributed by atoms with van der Waals surface area (Å²) in [4.78, 5) is 24.0. The Hall–Kier alpha value is -1.31. The lowest BCUT2D eigenvalue weighted by atomic mass is 10.0. The van der Waals surface area contributed by atoms with E-state index in [9.17, 15) is 22.8 Å². The van der Waals surface area contributed by atoms with Gasteiger partial charge in [-0.25, -0.2) is 0 Å². The van der Waals surface area contributed by atoms with Crippen LogP contribution in [0.1, 0.15) is 20.3 Å². The van der Waals surface area contributed by atoms with Crippen LogP contribution < -0.4 is 5.32 Å². The standard InChI is InChI=1S/C12H19F3N2O3/c1-7(2)9(5-18)16-11(20)8-3-10(19)17(4-8)6-12(13,14)15/h7-9,18H,3-6H2,1-2H3,(H,16,20). The second-order valence-electron chi connectivity index (χ2n) is 5.33. The summed E-state index contributed by atoms with van der Waals surface area (Å²) in [5.74, 6) is -1.96. The first-order chi connectivity index (χ1) is 9.14. The molecule has 1 heterocycles. The number of likely N-dealkylation sites (tertiary alicyclic amines) is 1. The minimum Gasteiger partial charge on any atom is -0.394 e. The predicted molar refractivity (Wildman–Crippen MR) is 64.6 cm³/mol. The monoisotopic (exact) mass is 296 g/mol. The van der Waals surface area contributed by atoms with Gasteiger partial charge in [0.2, 0.25) is 11.8 Å². The van der Waals surface area contributed by atoms with Crippen molar-refractivity contribution in [2.45, 2.75) is 32.5 Å². The largest absolute Gasteiger partial charge is 0.406 e. The van der Waals surface area contributed by atoms with Gasteiger partial charge in [0.05, 0.1) is 18.6 Å². The molecule has 5 nitrogen and oxygen atoms in total. The molecule has 1 saturated heterocycles. The van der Waals surface area contributed by atoms with Crippen LogP contribution in [-0.2, 0) is 9.59 Å². The van der Waals surface area contributed by atoms with Crippen LogP contribution in [0.25, 0.3) is 0 Å². The number of carbonyl (C=O) groups is 2. The van der Waals surface area contributed by atoms with Crippen molar-refractivity contribution in [3.63, 3.8) is 0 Å². The highest BCUT2D eigenvalue weighted by atomic mass is 19.4. The number of amides is 2. The Labute approximate surface area is 115 Å². The Kier molecular flexibility index (Phi) is 5.38. The number of alkyl halides is 3. The molecule has 20 heavy (non-hydrogen) atoms. The van der Waals surface area contributed by atoms with Gasteiger partial charge >= 0.3 is 6.18 Å². The van der Waals surface area contributed by atoms with Gasteiger partial charge in [-0.3, -0.25) is 9.59 Å². The van der Waals surface area contributed by atoms with Gasteiger partial charge in [0, 0.05) is 13.0 Å². The Morgan fingerprint density at radius 3 is 2.55 bits per heavy atom. The zero-order chi connectivity index (χ0) is 15.5. The molecule has 1 rings (SSSR count). The summed E-state index contributed by atoms with van der Waals surface area (Å²) >= 11 is 0. The average molecular weight is 296 g/mol. The lowest BCUT2D eigenvalue weighted by Crippen LogP contribution is -2.44. The van der Waals surface area contributed by atoms with E-state index in [1.54, 1.807) is 13.8 Å². The summed E-state index contributed by atoms with van der Waals surface area (Å²) in [6.07, 6.45) is -4.69. The molecule has 2 amide bonds. The van der Waals surface area contributed by atoms with Crippen LogP contribution in [0, 0.1) is 11.8 Å². The molecule has 1 fully saturated rings. The molecular formula is C12H19F3N2O3. The van der Waals surface area contributed by atoms with E-state index in [0.29, 0.717) is 4.90 Å². The van der Waals surface area contributed by atoms with Crippen molar-refractivity contribution in [1.82, 2.24) is 10.2 Å². The van der Waals surface area contributed by atoms with Gasteiger partial charge in [-0.05, 0) is 5.92 Å². The number of rotatable bonds is 5. The lowest BCUT2D eigenvalue weighted by Gasteiger charge is -2.22. The molecule has 0 aromatic carbocycles. The number of nitrogens with one attached hydrogen (secondary N) is 1. The van der Waals surface area contributed by atoms with Gasteiger partial charge in [0.1, 0.15) is 6.54 Å². The van der Waals surface area contributed by atoms with Crippen molar-refractivity contribution in [3.8, 4) is 0 Å². The van der Waals surface area contributed by atoms with Crippen LogP contribution in [-0.4, -0.2) is 53.7 Å². The maximum absolute atomic E-state index is 12.3. The number of carbonyl (C=O) groups excluding carboxylic acids is 2. The van der Waals surface area contributed by atoms with E-state index < -0.39 is 36.5 Å². The van der Waals surface area contributed by atoms with E-state index in [1.165, 1.54) is 0 Å². The summed E-state index contributed by atoms with van der Waals surface area (Å²) in [7, 11) is 0. The third kappa shape index (κ3) is 4.66. The van der Waals surface area contributed by atoms with Gasteiger partial charge < -0.3 is 15.3 Å². The summed E-state index contributed by atoms with van der Waals surface area (Å²) in [5.41, 5.74) is 0. The highest BCUT2D eigenvalue weighted by Gasteiger charge is 2.40. The third-order valence-electron chi connectivity index (χ3n) is 3.28. The molecule has 1 aliphatic heterocycles. The highest BCUT2D eigenvalue weighted by Crippen LogP contribution is 2.24. The summed E-state index contributed by atoms with van der Waals surface area (Å²) in [5, 5.41) is 11.7. The fourth-order valence-electron chi connectivity index (χ4n) is 2.04.